The van der Waals surface area contributed by atoms with Gasteiger partial charge in [0.05, 0.1) is 17.2 Å². The largest absolute Gasteiger partial charge is 0.342 e. The highest BCUT2D eigenvalue weighted by Crippen LogP contribution is 2.28. The number of nitrogens with two attached hydrogens (primary N) is 1. The molecule has 0 aliphatic carbocycles. The van der Waals surface area contributed by atoms with Gasteiger partial charge >= 0.3 is 0 Å². The second-order valence-electron chi connectivity index (χ2n) is 7.04. The molecule has 1 aliphatic rings. The lowest BCUT2D eigenvalue weighted by atomic mass is 9.90. The molecule has 1 atom stereocenters. The van der Waals surface area contributed by atoms with E-state index >= 15 is 0 Å². The van der Waals surface area contributed by atoms with E-state index in [0.717, 1.165) is 24.0 Å². The molecule has 1 aliphatic heterocycles. The van der Waals surface area contributed by atoms with Crippen LogP contribution in [0.4, 0.5) is 0 Å². The summed E-state index contributed by atoms with van der Waals surface area (Å²) in [4.78, 5) is 31.2. The predicted octanol–water partition coefficient (Wildman–Crippen LogP) is 1.29. The smallest absolute Gasteiger partial charge is 0.261 e. The minimum Gasteiger partial charge on any atom is -0.342 e. The van der Waals surface area contributed by atoms with E-state index in [1.165, 1.54) is 4.57 Å². The van der Waals surface area contributed by atoms with Crippen molar-refractivity contribution in [1.82, 2.24) is 14.5 Å². The van der Waals surface area contributed by atoms with Crippen LogP contribution in [0.1, 0.15) is 25.3 Å². The van der Waals surface area contributed by atoms with Gasteiger partial charge in [-0.1, -0.05) is 19.1 Å². The summed E-state index contributed by atoms with van der Waals surface area (Å²) in [5, 5.41) is 0.599. The van der Waals surface area contributed by atoms with Crippen LogP contribution in [0.25, 0.3) is 10.9 Å². The van der Waals surface area contributed by atoms with E-state index in [-0.39, 0.29) is 16.9 Å². The van der Waals surface area contributed by atoms with Crippen molar-refractivity contribution in [2.75, 3.05) is 19.6 Å². The minimum atomic E-state index is -0.0929. The molecule has 1 aromatic heterocycles. The molecule has 0 bridgehead atoms. The number of carbonyl (C=O) groups is 1. The first-order chi connectivity index (χ1) is 11.4. The summed E-state index contributed by atoms with van der Waals surface area (Å²) < 4.78 is 1.53. The van der Waals surface area contributed by atoms with Crippen molar-refractivity contribution >= 4 is 16.8 Å². The van der Waals surface area contributed by atoms with Crippen LogP contribution in [-0.2, 0) is 11.3 Å². The number of fused-ring (bicyclic) bond motifs is 1. The molecule has 0 spiro atoms. The molecule has 6 nitrogen and oxygen atoms in total. The van der Waals surface area contributed by atoms with Crippen molar-refractivity contribution in [2.24, 2.45) is 11.1 Å². The zero-order chi connectivity index (χ0) is 17.3. The average Bonchev–Trinajstić information content (AvgIpc) is 2.98. The van der Waals surface area contributed by atoms with E-state index in [1.54, 1.807) is 12.4 Å². The maximum absolute atomic E-state index is 12.5. The molecule has 2 heterocycles. The van der Waals surface area contributed by atoms with Crippen molar-refractivity contribution in [1.29, 1.82) is 0 Å². The number of aryl methyl sites for hydroxylation is 2. The van der Waals surface area contributed by atoms with Gasteiger partial charge in [-0.25, -0.2) is 4.98 Å². The average molecular weight is 328 g/mol. The lowest BCUT2D eigenvalue weighted by Crippen LogP contribution is -2.35. The number of amides is 1. The number of para-hydroxylation sites is 1. The molecule has 24 heavy (non-hydrogen) atoms. The van der Waals surface area contributed by atoms with Crippen molar-refractivity contribution in [2.45, 2.75) is 33.2 Å². The van der Waals surface area contributed by atoms with Gasteiger partial charge in [0.15, 0.2) is 0 Å². The fraction of sp³-hybridized carbons (Fsp3) is 0.500. The van der Waals surface area contributed by atoms with Crippen LogP contribution < -0.4 is 11.3 Å². The van der Waals surface area contributed by atoms with Crippen LogP contribution >= 0.6 is 0 Å². The Morgan fingerprint density at radius 2 is 2.21 bits per heavy atom. The number of hydrogen-bond donors (Lipinski definition) is 1. The molecule has 2 aromatic rings. The summed E-state index contributed by atoms with van der Waals surface area (Å²) >= 11 is 0. The predicted molar refractivity (Wildman–Crippen MR) is 93.7 cm³/mol. The minimum absolute atomic E-state index is 0.0224. The van der Waals surface area contributed by atoms with E-state index in [9.17, 15) is 9.59 Å². The third-order valence-corrected chi connectivity index (χ3v) is 5.03. The van der Waals surface area contributed by atoms with Crippen LogP contribution in [0.2, 0.25) is 0 Å². The Balaban J connectivity index is 1.71. The van der Waals surface area contributed by atoms with E-state index in [4.69, 9.17) is 5.73 Å². The molecule has 0 radical (unpaired) electrons. The maximum Gasteiger partial charge on any atom is 0.261 e. The molecule has 6 heteroatoms. The summed E-state index contributed by atoms with van der Waals surface area (Å²) in [6, 6.07) is 5.57. The number of benzene rings is 1. The zero-order valence-electron chi connectivity index (χ0n) is 14.3. The van der Waals surface area contributed by atoms with E-state index < -0.39 is 0 Å². The van der Waals surface area contributed by atoms with Crippen molar-refractivity contribution in [3.63, 3.8) is 0 Å². The Morgan fingerprint density at radius 3 is 2.92 bits per heavy atom. The van der Waals surface area contributed by atoms with E-state index in [0.29, 0.717) is 31.4 Å². The Bertz CT molecular complexity index is 829. The maximum atomic E-state index is 12.5. The van der Waals surface area contributed by atoms with Crippen LogP contribution in [-0.4, -0.2) is 40.0 Å². The second-order valence-corrected chi connectivity index (χ2v) is 7.04. The third-order valence-electron chi connectivity index (χ3n) is 5.03. The normalized spacial score (nSPS) is 20.7. The standard InChI is InChI=1S/C18H24N4O2/c1-13-4-3-5-14-16(13)20-12-22(17(14)24)8-6-15(23)21-9-7-18(2,10-19)11-21/h3-5,12H,6-11,19H2,1-2H3. The van der Waals surface area contributed by atoms with Gasteiger partial charge < -0.3 is 10.6 Å². The first-order valence-electron chi connectivity index (χ1n) is 8.36. The van der Waals surface area contributed by atoms with Crippen LogP contribution in [0.3, 0.4) is 0 Å². The van der Waals surface area contributed by atoms with Gasteiger partial charge in [-0.05, 0) is 36.9 Å². The quantitative estimate of drug-likeness (QED) is 0.917. The number of hydrogen-bond acceptors (Lipinski definition) is 4. The van der Waals surface area contributed by atoms with Gasteiger partial charge in [-0.3, -0.25) is 14.2 Å². The lowest BCUT2D eigenvalue weighted by molar-refractivity contribution is -0.130. The molecule has 2 N–H and O–H groups in total. The van der Waals surface area contributed by atoms with Gasteiger partial charge in [0.25, 0.3) is 5.56 Å². The fourth-order valence-electron chi connectivity index (χ4n) is 3.27. The van der Waals surface area contributed by atoms with E-state index in [2.05, 4.69) is 11.9 Å². The van der Waals surface area contributed by atoms with Crippen molar-refractivity contribution < 1.29 is 4.79 Å². The molecular weight excluding hydrogens is 304 g/mol. The Morgan fingerprint density at radius 1 is 1.42 bits per heavy atom. The second kappa shape index (κ2) is 6.36. The molecule has 3 rings (SSSR count). The molecule has 1 saturated heterocycles. The summed E-state index contributed by atoms with van der Waals surface area (Å²) in [7, 11) is 0. The Labute approximate surface area is 141 Å². The number of nitrogens with zero attached hydrogens (tertiary/aromatic N) is 3. The fourth-order valence-corrected chi connectivity index (χ4v) is 3.27. The Kier molecular flexibility index (Phi) is 4.41. The molecule has 1 unspecified atom stereocenters. The van der Waals surface area contributed by atoms with Gasteiger partial charge in [0.2, 0.25) is 5.91 Å². The number of rotatable bonds is 4. The summed E-state index contributed by atoms with van der Waals surface area (Å²) in [6.45, 7) is 6.43. The highest BCUT2D eigenvalue weighted by Gasteiger charge is 2.34. The van der Waals surface area contributed by atoms with Crippen LogP contribution in [0.5, 0.6) is 0 Å². The van der Waals surface area contributed by atoms with Gasteiger partial charge in [0.1, 0.15) is 0 Å². The Hall–Kier alpha value is -2.21. The summed E-state index contributed by atoms with van der Waals surface area (Å²) in [5.74, 6) is 0.0726. The summed E-state index contributed by atoms with van der Waals surface area (Å²) in [6.07, 6.45) is 2.78. The molecule has 1 aromatic carbocycles. The number of likely N-dealkylation sites (tertiary alicyclic amines) is 1. The highest BCUT2D eigenvalue weighted by molar-refractivity contribution is 5.80. The first-order valence-corrected chi connectivity index (χ1v) is 8.36. The molecule has 128 valence electrons. The summed E-state index contributed by atoms with van der Waals surface area (Å²) in [5.41, 5.74) is 7.42. The van der Waals surface area contributed by atoms with Gasteiger partial charge in [-0.2, -0.15) is 0 Å². The topological polar surface area (TPSA) is 81.2 Å². The van der Waals surface area contributed by atoms with Crippen molar-refractivity contribution in [3.05, 3.63) is 40.4 Å². The van der Waals surface area contributed by atoms with Gasteiger partial charge in [0, 0.05) is 26.1 Å². The SMILES string of the molecule is Cc1cccc2c(=O)n(CCC(=O)N3CCC(C)(CN)C3)cnc12. The zero-order valence-corrected chi connectivity index (χ0v) is 14.3. The number of carbonyl (C=O) groups excluding carboxylic acids is 1. The third kappa shape index (κ3) is 3.06. The lowest BCUT2D eigenvalue weighted by Gasteiger charge is -2.22. The van der Waals surface area contributed by atoms with Crippen LogP contribution in [0, 0.1) is 12.3 Å². The van der Waals surface area contributed by atoms with Crippen LogP contribution in [0.15, 0.2) is 29.3 Å². The van der Waals surface area contributed by atoms with E-state index in [1.807, 2.05) is 24.0 Å². The molecule has 1 fully saturated rings. The molecule has 1 amide bonds. The first kappa shape index (κ1) is 16.6. The monoisotopic (exact) mass is 328 g/mol. The highest BCUT2D eigenvalue weighted by atomic mass is 16.2. The van der Waals surface area contributed by atoms with Crippen molar-refractivity contribution in [3.8, 4) is 0 Å². The van der Waals surface area contributed by atoms with Gasteiger partial charge in [-0.15, -0.1) is 0 Å². The molecular formula is C18H24N4O2. The molecule has 0 saturated carbocycles. The number of aromatic nitrogens is 2.